The van der Waals surface area contributed by atoms with E-state index in [9.17, 15) is 4.79 Å². The van der Waals surface area contributed by atoms with Crippen LogP contribution in [0.2, 0.25) is 0 Å². The van der Waals surface area contributed by atoms with Crippen LogP contribution in [0.25, 0.3) is 21.9 Å². The molecule has 0 bridgehead atoms. The summed E-state index contributed by atoms with van der Waals surface area (Å²) in [6.07, 6.45) is 3.16. The van der Waals surface area contributed by atoms with Crippen molar-refractivity contribution in [1.29, 1.82) is 0 Å². The van der Waals surface area contributed by atoms with Crippen molar-refractivity contribution in [1.82, 2.24) is 4.98 Å². The second kappa shape index (κ2) is 3.42. The zero-order valence-electron chi connectivity index (χ0n) is 9.77. The number of hydrogen-bond acceptors (Lipinski definition) is 3. The van der Waals surface area contributed by atoms with Crippen LogP contribution in [0.1, 0.15) is 17.7 Å². The summed E-state index contributed by atoms with van der Waals surface area (Å²) < 4.78 is 5.34. The van der Waals surface area contributed by atoms with Crippen LogP contribution in [0, 0.1) is 0 Å². The van der Waals surface area contributed by atoms with Crippen LogP contribution in [-0.4, -0.2) is 4.98 Å². The zero-order chi connectivity index (χ0) is 12.1. The van der Waals surface area contributed by atoms with Gasteiger partial charge >= 0.3 is 5.63 Å². The maximum absolute atomic E-state index is 12.0. The molecule has 88 valence electrons. The van der Waals surface area contributed by atoms with E-state index in [2.05, 4.69) is 4.98 Å². The van der Waals surface area contributed by atoms with E-state index in [0.29, 0.717) is 11.0 Å². The molecular formula is C15H11NO2. The van der Waals surface area contributed by atoms with Gasteiger partial charge in [0.05, 0.1) is 10.9 Å². The van der Waals surface area contributed by atoms with E-state index in [4.69, 9.17) is 4.42 Å². The lowest BCUT2D eigenvalue weighted by Gasteiger charge is -2.04. The Bertz CT molecular complexity index is 833. The minimum Gasteiger partial charge on any atom is -0.422 e. The van der Waals surface area contributed by atoms with Gasteiger partial charge in [-0.15, -0.1) is 0 Å². The molecule has 3 nitrogen and oxygen atoms in total. The number of hydrogen-bond donors (Lipinski definition) is 0. The quantitative estimate of drug-likeness (QED) is 0.446. The van der Waals surface area contributed by atoms with Gasteiger partial charge in [0.25, 0.3) is 0 Å². The lowest BCUT2D eigenvalue weighted by molar-refractivity contribution is 0.569. The first-order chi connectivity index (χ1) is 8.83. The monoisotopic (exact) mass is 237 g/mol. The highest BCUT2D eigenvalue weighted by molar-refractivity contribution is 6.01. The minimum atomic E-state index is -0.286. The Hall–Kier alpha value is -2.16. The predicted molar refractivity (Wildman–Crippen MR) is 69.8 cm³/mol. The van der Waals surface area contributed by atoms with E-state index in [-0.39, 0.29) is 5.63 Å². The first-order valence-electron chi connectivity index (χ1n) is 6.17. The van der Waals surface area contributed by atoms with Crippen LogP contribution in [0.5, 0.6) is 0 Å². The second-order valence-corrected chi connectivity index (χ2v) is 4.73. The summed E-state index contributed by atoms with van der Waals surface area (Å²) in [6.45, 7) is 0. The largest absolute Gasteiger partial charge is 0.422 e. The normalized spacial score (nSPS) is 14.2. The van der Waals surface area contributed by atoms with Gasteiger partial charge in [-0.3, -0.25) is 4.98 Å². The van der Waals surface area contributed by atoms with Crippen LogP contribution >= 0.6 is 0 Å². The number of pyridine rings is 1. The molecule has 1 aliphatic carbocycles. The zero-order valence-corrected chi connectivity index (χ0v) is 9.77. The Morgan fingerprint density at radius 1 is 1.11 bits per heavy atom. The molecule has 0 amide bonds. The fraction of sp³-hybridized carbons (Fsp3) is 0.200. The molecule has 0 radical (unpaired) electrons. The van der Waals surface area contributed by atoms with E-state index in [1.54, 1.807) is 0 Å². The maximum atomic E-state index is 12.0. The molecule has 0 fully saturated rings. The summed E-state index contributed by atoms with van der Waals surface area (Å²) in [5.74, 6) is 0. The van der Waals surface area contributed by atoms with Gasteiger partial charge in [-0.25, -0.2) is 4.79 Å². The highest BCUT2D eigenvalue weighted by Gasteiger charge is 2.16. The highest BCUT2D eigenvalue weighted by Crippen LogP contribution is 2.27. The van der Waals surface area contributed by atoms with Gasteiger partial charge in [0.2, 0.25) is 0 Å². The Labute approximate surface area is 103 Å². The number of nitrogens with zero attached hydrogens (tertiary/aromatic N) is 1. The van der Waals surface area contributed by atoms with Crippen LogP contribution in [0.4, 0.5) is 0 Å². The molecule has 0 N–H and O–H groups in total. The minimum absolute atomic E-state index is 0.286. The third-order valence-corrected chi connectivity index (χ3v) is 3.62. The average molecular weight is 237 g/mol. The van der Waals surface area contributed by atoms with Crippen LogP contribution in [0.3, 0.4) is 0 Å². The summed E-state index contributed by atoms with van der Waals surface area (Å²) in [7, 11) is 0. The van der Waals surface area contributed by atoms with Crippen LogP contribution < -0.4 is 5.63 Å². The van der Waals surface area contributed by atoms with Gasteiger partial charge in [-0.2, -0.15) is 0 Å². The van der Waals surface area contributed by atoms with Crippen LogP contribution in [-0.2, 0) is 12.8 Å². The van der Waals surface area contributed by atoms with Gasteiger partial charge < -0.3 is 4.42 Å². The van der Waals surface area contributed by atoms with Crippen LogP contribution in [0.15, 0.2) is 39.5 Å². The summed E-state index contributed by atoms with van der Waals surface area (Å²) in [4.78, 5) is 16.7. The molecule has 0 atom stereocenters. The molecule has 3 aromatic rings. The molecule has 0 saturated heterocycles. The number of para-hydroxylation sites is 1. The Balaban J connectivity index is 2.26. The topological polar surface area (TPSA) is 43.1 Å². The van der Waals surface area contributed by atoms with E-state index in [0.717, 1.165) is 35.9 Å². The molecule has 0 saturated carbocycles. The predicted octanol–water partition coefficient (Wildman–Crippen LogP) is 2.83. The SMILES string of the molecule is O=c1oc2ccccc2c2nc3c(cc12)CCC3. The fourth-order valence-electron chi connectivity index (χ4n) is 2.74. The second-order valence-electron chi connectivity index (χ2n) is 4.73. The number of aromatic nitrogens is 1. The van der Waals surface area contributed by atoms with Gasteiger partial charge in [0.1, 0.15) is 5.58 Å². The van der Waals surface area contributed by atoms with Crippen molar-refractivity contribution in [3.63, 3.8) is 0 Å². The summed E-state index contributed by atoms with van der Waals surface area (Å²) in [5, 5.41) is 1.52. The smallest absolute Gasteiger partial charge is 0.345 e. The first-order valence-corrected chi connectivity index (χ1v) is 6.17. The Morgan fingerprint density at radius 2 is 2.00 bits per heavy atom. The summed E-state index contributed by atoms with van der Waals surface area (Å²) in [5.41, 5.74) is 3.44. The number of rotatable bonds is 0. The number of fused-ring (bicyclic) bond motifs is 4. The number of aryl methyl sites for hydroxylation is 2. The molecule has 1 aromatic carbocycles. The van der Waals surface area contributed by atoms with Crippen molar-refractivity contribution in [2.75, 3.05) is 0 Å². The van der Waals surface area contributed by atoms with E-state index < -0.39 is 0 Å². The van der Waals surface area contributed by atoms with Crippen molar-refractivity contribution < 1.29 is 4.42 Å². The van der Waals surface area contributed by atoms with Gasteiger partial charge in [0.15, 0.2) is 0 Å². The Kier molecular flexibility index (Phi) is 1.87. The van der Waals surface area contributed by atoms with Gasteiger partial charge in [-0.1, -0.05) is 12.1 Å². The third-order valence-electron chi connectivity index (χ3n) is 3.62. The maximum Gasteiger partial charge on any atom is 0.345 e. The number of benzene rings is 1. The average Bonchev–Trinajstić information content (AvgIpc) is 2.84. The van der Waals surface area contributed by atoms with Gasteiger partial charge in [0, 0.05) is 11.1 Å². The summed E-state index contributed by atoms with van der Waals surface area (Å²) in [6, 6.07) is 9.53. The molecule has 0 aliphatic heterocycles. The molecule has 1 aliphatic rings. The lowest BCUT2D eigenvalue weighted by Crippen LogP contribution is -2.03. The van der Waals surface area contributed by atoms with Crippen molar-refractivity contribution in [2.45, 2.75) is 19.3 Å². The summed E-state index contributed by atoms with van der Waals surface area (Å²) >= 11 is 0. The molecule has 18 heavy (non-hydrogen) atoms. The van der Waals surface area contributed by atoms with Crippen molar-refractivity contribution in [2.24, 2.45) is 0 Å². The first kappa shape index (κ1) is 9.83. The molecule has 0 unspecified atom stereocenters. The van der Waals surface area contributed by atoms with E-state index >= 15 is 0 Å². The Morgan fingerprint density at radius 3 is 2.94 bits per heavy atom. The molecule has 2 aromatic heterocycles. The fourth-order valence-corrected chi connectivity index (χ4v) is 2.74. The molecule has 3 heteroatoms. The lowest BCUT2D eigenvalue weighted by atomic mass is 10.1. The van der Waals surface area contributed by atoms with Crippen molar-refractivity contribution in [3.05, 3.63) is 52.0 Å². The van der Waals surface area contributed by atoms with Crippen molar-refractivity contribution in [3.8, 4) is 0 Å². The van der Waals surface area contributed by atoms with Crippen molar-refractivity contribution >= 4 is 21.9 Å². The third kappa shape index (κ3) is 1.24. The van der Waals surface area contributed by atoms with Gasteiger partial charge in [-0.05, 0) is 43.0 Å². The highest BCUT2D eigenvalue weighted by atomic mass is 16.4. The molecule has 4 rings (SSSR count). The molecule has 0 spiro atoms. The standard InChI is InChI=1S/C15H11NO2/c17-15-11-8-9-4-3-6-12(9)16-14(11)10-5-1-2-7-13(10)18-15/h1-2,5,7-8H,3-4,6H2. The van der Waals surface area contributed by atoms with E-state index in [1.807, 2.05) is 30.3 Å². The molecule has 2 heterocycles. The van der Waals surface area contributed by atoms with E-state index in [1.165, 1.54) is 5.56 Å². The molecular weight excluding hydrogens is 226 g/mol.